The molecule has 0 spiro atoms. The van der Waals surface area contributed by atoms with Crippen molar-refractivity contribution in [1.29, 1.82) is 0 Å². The Morgan fingerprint density at radius 1 is 1.37 bits per heavy atom. The van der Waals surface area contributed by atoms with E-state index in [0.29, 0.717) is 11.9 Å². The Labute approximate surface area is 114 Å². The van der Waals surface area contributed by atoms with E-state index in [9.17, 15) is 4.79 Å². The van der Waals surface area contributed by atoms with Gasteiger partial charge in [-0.05, 0) is 24.3 Å². The number of fused-ring (bicyclic) bond motifs is 1. The Bertz CT molecular complexity index is 755. The summed E-state index contributed by atoms with van der Waals surface area (Å²) in [5.41, 5.74) is 1.23. The first kappa shape index (κ1) is 12.1. The number of imidazole rings is 1. The van der Waals surface area contributed by atoms with Crippen molar-refractivity contribution in [1.82, 2.24) is 19.1 Å². The van der Waals surface area contributed by atoms with Crippen molar-refractivity contribution in [2.24, 2.45) is 7.05 Å². The highest BCUT2D eigenvalue weighted by Gasteiger charge is 2.05. The summed E-state index contributed by atoms with van der Waals surface area (Å²) in [6.45, 7) is 0.683. The summed E-state index contributed by atoms with van der Waals surface area (Å²) < 4.78 is 3.69. The normalized spacial score (nSPS) is 11.2. The van der Waals surface area contributed by atoms with Crippen molar-refractivity contribution in [3.8, 4) is 0 Å². The van der Waals surface area contributed by atoms with Gasteiger partial charge in [-0.15, -0.1) is 11.3 Å². The fourth-order valence-electron chi connectivity index (χ4n) is 2.11. The molecule has 0 aliphatic heterocycles. The lowest BCUT2D eigenvalue weighted by atomic mass is 10.2. The van der Waals surface area contributed by atoms with Crippen LogP contribution in [0.15, 0.2) is 35.1 Å². The second kappa shape index (κ2) is 4.97. The maximum Gasteiger partial charge on any atom is 0.262 e. The van der Waals surface area contributed by atoms with Gasteiger partial charge >= 0.3 is 0 Å². The second-order valence-corrected chi connectivity index (χ2v) is 5.38. The third kappa shape index (κ3) is 2.31. The molecule has 3 aromatic rings. The molecule has 0 aromatic carbocycles. The van der Waals surface area contributed by atoms with E-state index in [0.717, 1.165) is 17.7 Å². The molecule has 3 aromatic heterocycles. The van der Waals surface area contributed by atoms with Gasteiger partial charge in [-0.25, -0.2) is 9.97 Å². The average molecular weight is 274 g/mol. The highest BCUT2D eigenvalue weighted by molar-refractivity contribution is 7.16. The third-order valence-corrected chi connectivity index (χ3v) is 4.02. The van der Waals surface area contributed by atoms with Crippen LogP contribution in [-0.2, 0) is 20.0 Å². The molecule has 6 heteroatoms. The van der Waals surface area contributed by atoms with Crippen molar-refractivity contribution < 1.29 is 0 Å². The smallest absolute Gasteiger partial charge is 0.262 e. The van der Waals surface area contributed by atoms with Crippen LogP contribution in [0.2, 0.25) is 0 Å². The monoisotopic (exact) mass is 274 g/mol. The van der Waals surface area contributed by atoms with Gasteiger partial charge in [-0.1, -0.05) is 0 Å². The quantitative estimate of drug-likeness (QED) is 0.729. The number of rotatable bonds is 4. The summed E-state index contributed by atoms with van der Waals surface area (Å²) in [5, 5.41) is 2.62. The van der Waals surface area contributed by atoms with E-state index in [-0.39, 0.29) is 5.56 Å². The molecule has 0 atom stereocenters. The van der Waals surface area contributed by atoms with Gasteiger partial charge in [0.2, 0.25) is 0 Å². The summed E-state index contributed by atoms with van der Waals surface area (Å²) in [4.78, 5) is 21.4. The Balaban J connectivity index is 1.73. The molecular formula is C13H14N4OS. The van der Waals surface area contributed by atoms with Crippen LogP contribution in [-0.4, -0.2) is 19.1 Å². The molecule has 0 radical (unpaired) electrons. The van der Waals surface area contributed by atoms with Gasteiger partial charge in [0.1, 0.15) is 4.83 Å². The Kier molecular flexibility index (Phi) is 3.16. The minimum atomic E-state index is 0.0521. The van der Waals surface area contributed by atoms with E-state index in [1.807, 2.05) is 29.3 Å². The summed E-state index contributed by atoms with van der Waals surface area (Å²) in [5.74, 6) is 0. The molecule has 3 heterocycles. The molecule has 0 bridgehead atoms. The number of aromatic nitrogens is 4. The van der Waals surface area contributed by atoms with Crippen molar-refractivity contribution >= 4 is 21.6 Å². The van der Waals surface area contributed by atoms with Crippen LogP contribution in [0.3, 0.4) is 0 Å². The number of nitrogens with zero attached hydrogens (tertiary/aromatic N) is 4. The summed E-state index contributed by atoms with van der Waals surface area (Å²) in [6.07, 6.45) is 7.11. The molecule has 98 valence electrons. The van der Waals surface area contributed by atoms with E-state index in [4.69, 9.17) is 0 Å². The van der Waals surface area contributed by atoms with Gasteiger partial charge in [-0.2, -0.15) is 0 Å². The molecule has 0 fully saturated rings. The van der Waals surface area contributed by atoms with Gasteiger partial charge in [-0.3, -0.25) is 9.36 Å². The van der Waals surface area contributed by atoms with Crippen LogP contribution in [0.4, 0.5) is 0 Å². The predicted octanol–water partition coefficient (Wildman–Crippen LogP) is 1.82. The lowest BCUT2D eigenvalue weighted by Crippen LogP contribution is -2.20. The topological polar surface area (TPSA) is 52.7 Å². The Hall–Kier alpha value is -1.95. The van der Waals surface area contributed by atoms with Crippen molar-refractivity contribution in [2.75, 3.05) is 0 Å². The van der Waals surface area contributed by atoms with E-state index in [1.165, 1.54) is 17.0 Å². The molecule has 0 saturated carbocycles. The summed E-state index contributed by atoms with van der Waals surface area (Å²) in [7, 11) is 1.98. The van der Waals surface area contributed by atoms with E-state index in [2.05, 4.69) is 9.97 Å². The van der Waals surface area contributed by atoms with Gasteiger partial charge in [0.25, 0.3) is 5.56 Å². The fraction of sp³-hybridized carbons (Fsp3) is 0.308. The highest BCUT2D eigenvalue weighted by Crippen LogP contribution is 2.13. The molecule has 19 heavy (non-hydrogen) atoms. The minimum Gasteiger partial charge on any atom is -0.338 e. The molecule has 0 saturated heterocycles. The molecule has 5 nitrogen and oxygen atoms in total. The first-order chi connectivity index (χ1) is 9.25. The largest absolute Gasteiger partial charge is 0.338 e. The summed E-state index contributed by atoms with van der Waals surface area (Å²) in [6, 6.07) is 1.84. The highest BCUT2D eigenvalue weighted by atomic mass is 32.1. The van der Waals surface area contributed by atoms with E-state index in [1.54, 1.807) is 17.2 Å². The van der Waals surface area contributed by atoms with Crippen LogP contribution in [0.1, 0.15) is 12.1 Å². The average Bonchev–Trinajstić information content (AvgIpc) is 3.02. The lowest BCUT2D eigenvalue weighted by molar-refractivity contribution is 0.605. The number of hydrogen-bond acceptors (Lipinski definition) is 4. The zero-order valence-corrected chi connectivity index (χ0v) is 11.4. The van der Waals surface area contributed by atoms with Crippen LogP contribution in [0, 0.1) is 0 Å². The standard InChI is InChI=1S/C13H14N4OS/c1-16-8-14-7-10(16)3-2-5-17-9-15-12-11(13(17)18)4-6-19-12/h4,6-9H,2-3,5H2,1H3. The van der Waals surface area contributed by atoms with Crippen LogP contribution in [0.5, 0.6) is 0 Å². The van der Waals surface area contributed by atoms with Crippen molar-refractivity contribution in [3.63, 3.8) is 0 Å². The predicted molar refractivity (Wildman–Crippen MR) is 75.4 cm³/mol. The Morgan fingerprint density at radius 3 is 3.05 bits per heavy atom. The molecule has 0 aliphatic carbocycles. The lowest BCUT2D eigenvalue weighted by Gasteiger charge is -2.05. The molecule has 0 unspecified atom stereocenters. The first-order valence-corrected chi connectivity index (χ1v) is 7.01. The van der Waals surface area contributed by atoms with Crippen LogP contribution >= 0.6 is 11.3 Å². The van der Waals surface area contributed by atoms with Gasteiger partial charge < -0.3 is 4.57 Å². The number of hydrogen-bond donors (Lipinski definition) is 0. The first-order valence-electron chi connectivity index (χ1n) is 6.13. The van der Waals surface area contributed by atoms with Gasteiger partial charge in [0.15, 0.2) is 0 Å². The summed E-state index contributed by atoms with van der Waals surface area (Å²) >= 11 is 1.50. The zero-order chi connectivity index (χ0) is 13.2. The van der Waals surface area contributed by atoms with Crippen molar-refractivity contribution in [2.45, 2.75) is 19.4 Å². The third-order valence-electron chi connectivity index (χ3n) is 3.20. The minimum absolute atomic E-state index is 0.0521. The Morgan fingerprint density at radius 2 is 2.26 bits per heavy atom. The van der Waals surface area contributed by atoms with Crippen LogP contribution < -0.4 is 5.56 Å². The van der Waals surface area contributed by atoms with E-state index < -0.39 is 0 Å². The van der Waals surface area contributed by atoms with Crippen molar-refractivity contribution in [3.05, 3.63) is 46.3 Å². The van der Waals surface area contributed by atoms with Gasteiger partial charge in [0.05, 0.1) is 18.0 Å². The number of aryl methyl sites for hydroxylation is 3. The van der Waals surface area contributed by atoms with Crippen LogP contribution in [0.25, 0.3) is 10.2 Å². The molecule has 0 amide bonds. The fourth-order valence-corrected chi connectivity index (χ4v) is 2.83. The molecule has 0 N–H and O–H groups in total. The second-order valence-electron chi connectivity index (χ2n) is 4.48. The SMILES string of the molecule is Cn1cncc1CCCn1cnc2sccc2c1=O. The molecule has 3 rings (SSSR count). The maximum atomic E-state index is 12.2. The van der Waals surface area contributed by atoms with E-state index >= 15 is 0 Å². The molecule has 0 aliphatic rings. The molecular weight excluding hydrogens is 260 g/mol. The maximum absolute atomic E-state index is 12.2. The number of thiophene rings is 1. The van der Waals surface area contributed by atoms with Gasteiger partial charge in [0, 0.05) is 25.5 Å². The zero-order valence-electron chi connectivity index (χ0n) is 10.6.